The Hall–Kier alpha value is -2.84. The van der Waals surface area contributed by atoms with Crippen LogP contribution in [0.5, 0.6) is 5.75 Å². The molecule has 0 aliphatic heterocycles. The third kappa shape index (κ3) is 3.39. The minimum atomic E-state index is -1.84. The summed E-state index contributed by atoms with van der Waals surface area (Å²) in [6.45, 7) is 0.565. The lowest BCUT2D eigenvalue weighted by molar-refractivity contribution is 0.0963. The van der Waals surface area contributed by atoms with Crippen molar-refractivity contribution >= 4 is 24.3 Å². The zero-order chi connectivity index (χ0) is 17.1. The number of aromatic nitrogens is 2. The molecule has 3 rings (SSSR count). The monoisotopic (exact) mass is 325 g/mol. The fourth-order valence-electron chi connectivity index (χ4n) is 2.46. The van der Waals surface area contributed by atoms with Gasteiger partial charge in [0.15, 0.2) is 0 Å². The van der Waals surface area contributed by atoms with E-state index < -0.39 is 7.32 Å². The van der Waals surface area contributed by atoms with Gasteiger partial charge >= 0.3 is 7.32 Å². The Labute approximate surface area is 138 Å². The van der Waals surface area contributed by atoms with E-state index in [1.165, 1.54) is 0 Å². The SMILES string of the molecule is CNC(=O)c1ccc2ncn(Cc3ccc(OB(O)O)cc3)c2c1. The Morgan fingerprint density at radius 3 is 2.67 bits per heavy atom. The third-order valence-corrected chi connectivity index (χ3v) is 3.63. The number of benzene rings is 2. The fourth-order valence-corrected chi connectivity index (χ4v) is 2.46. The summed E-state index contributed by atoms with van der Waals surface area (Å²) in [6, 6.07) is 12.3. The zero-order valence-electron chi connectivity index (χ0n) is 13.0. The van der Waals surface area contributed by atoms with Crippen molar-refractivity contribution in [2.24, 2.45) is 0 Å². The summed E-state index contributed by atoms with van der Waals surface area (Å²) in [5, 5.41) is 20.2. The molecule has 3 aromatic rings. The number of fused-ring (bicyclic) bond motifs is 1. The molecule has 1 amide bonds. The summed E-state index contributed by atoms with van der Waals surface area (Å²) in [4.78, 5) is 16.1. The van der Waals surface area contributed by atoms with Crippen LogP contribution in [0.1, 0.15) is 15.9 Å². The molecule has 0 saturated heterocycles. The van der Waals surface area contributed by atoms with Crippen molar-refractivity contribution < 1.29 is 19.5 Å². The van der Waals surface area contributed by atoms with Crippen LogP contribution in [0, 0.1) is 0 Å². The summed E-state index contributed by atoms with van der Waals surface area (Å²) < 4.78 is 6.72. The number of nitrogens with zero attached hydrogens (tertiary/aromatic N) is 2. The molecular formula is C16H16BN3O4. The smallest absolute Gasteiger partial charge is 0.512 e. The molecule has 0 atom stereocenters. The van der Waals surface area contributed by atoms with Gasteiger partial charge in [0, 0.05) is 19.2 Å². The Morgan fingerprint density at radius 1 is 1.25 bits per heavy atom. The topological polar surface area (TPSA) is 96.6 Å². The lowest BCUT2D eigenvalue weighted by Gasteiger charge is -2.08. The number of imidazole rings is 1. The standard InChI is InChI=1S/C16H16BN3O4/c1-18-16(21)12-4-7-14-15(8-12)20(10-19-14)9-11-2-5-13(6-3-11)24-17(22)23/h2-8,10,22-23H,9H2,1H3,(H,18,21). The first-order valence-corrected chi connectivity index (χ1v) is 7.35. The molecule has 0 aliphatic carbocycles. The van der Waals surface area contributed by atoms with Gasteiger partial charge in [-0.15, -0.1) is 0 Å². The fraction of sp³-hybridized carbons (Fsp3) is 0.125. The summed E-state index contributed by atoms with van der Waals surface area (Å²) >= 11 is 0. The van der Waals surface area contributed by atoms with Crippen LogP contribution in [-0.4, -0.2) is 39.9 Å². The molecule has 24 heavy (non-hydrogen) atoms. The number of hydrogen-bond acceptors (Lipinski definition) is 5. The maximum atomic E-state index is 11.8. The molecule has 8 heteroatoms. The van der Waals surface area contributed by atoms with E-state index in [9.17, 15) is 4.79 Å². The molecule has 0 aliphatic rings. The van der Waals surface area contributed by atoms with Crippen molar-refractivity contribution in [3.8, 4) is 5.75 Å². The summed E-state index contributed by atoms with van der Waals surface area (Å²) in [5.74, 6) is 0.222. The second-order valence-electron chi connectivity index (χ2n) is 5.24. The van der Waals surface area contributed by atoms with Gasteiger partial charge in [0.25, 0.3) is 5.91 Å². The second-order valence-corrected chi connectivity index (χ2v) is 5.24. The highest BCUT2D eigenvalue weighted by molar-refractivity contribution is 6.33. The van der Waals surface area contributed by atoms with Crippen molar-refractivity contribution in [2.45, 2.75) is 6.54 Å². The molecule has 1 heterocycles. The number of amides is 1. The molecule has 7 nitrogen and oxygen atoms in total. The average Bonchev–Trinajstić information content (AvgIpc) is 2.97. The molecule has 1 aromatic heterocycles. The van der Waals surface area contributed by atoms with E-state index in [4.69, 9.17) is 14.7 Å². The summed E-state index contributed by atoms with van der Waals surface area (Å²) in [7, 11) is -0.242. The number of carbonyl (C=O) groups is 1. The highest BCUT2D eigenvalue weighted by atomic mass is 16.6. The van der Waals surface area contributed by atoms with E-state index >= 15 is 0 Å². The van der Waals surface area contributed by atoms with E-state index in [0.717, 1.165) is 16.6 Å². The van der Waals surface area contributed by atoms with Gasteiger partial charge in [0.1, 0.15) is 5.75 Å². The Morgan fingerprint density at radius 2 is 2.00 bits per heavy atom. The molecule has 122 valence electrons. The Balaban J connectivity index is 1.85. The second kappa shape index (κ2) is 6.73. The molecule has 0 bridgehead atoms. The third-order valence-electron chi connectivity index (χ3n) is 3.63. The molecule has 0 radical (unpaired) electrons. The minimum Gasteiger partial charge on any atom is -0.512 e. The van der Waals surface area contributed by atoms with E-state index in [-0.39, 0.29) is 5.91 Å². The van der Waals surface area contributed by atoms with Crippen LogP contribution < -0.4 is 9.97 Å². The average molecular weight is 325 g/mol. The van der Waals surface area contributed by atoms with Gasteiger partial charge in [0.2, 0.25) is 0 Å². The minimum absolute atomic E-state index is 0.145. The van der Waals surface area contributed by atoms with Crippen molar-refractivity contribution in [1.82, 2.24) is 14.9 Å². The highest BCUT2D eigenvalue weighted by Crippen LogP contribution is 2.18. The van der Waals surface area contributed by atoms with Crippen LogP contribution in [0.3, 0.4) is 0 Å². The van der Waals surface area contributed by atoms with Crippen LogP contribution in [0.2, 0.25) is 0 Å². The maximum absolute atomic E-state index is 11.8. The van der Waals surface area contributed by atoms with Crippen LogP contribution in [-0.2, 0) is 6.54 Å². The first-order valence-electron chi connectivity index (χ1n) is 7.35. The Bertz CT molecular complexity index is 861. The van der Waals surface area contributed by atoms with Gasteiger partial charge in [-0.1, -0.05) is 12.1 Å². The zero-order valence-corrected chi connectivity index (χ0v) is 13.0. The number of rotatable bonds is 5. The summed E-state index contributed by atoms with van der Waals surface area (Å²) in [6.07, 6.45) is 1.72. The van der Waals surface area contributed by atoms with Crippen LogP contribution in [0.15, 0.2) is 48.8 Å². The van der Waals surface area contributed by atoms with E-state index in [1.54, 1.807) is 37.6 Å². The molecule has 0 spiro atoms. The molecule has 2 aromatic carbocycles. The summed E-state index contributed by atoms with van der Waals surface area (Å²) in [5.41, 5.74) is 3.24. The van der Waals surface area contributed by atoms with Gasteiger partial charge in [0.05, 0.1) is 17.4 Å². The predicted octanol–water partition coefficient (Wildman–Crippen LogP) is 0.792. The van der Waals surface area contributed by atoms with Crippen molar-refractivity contribution in [1.29, 1.82) is 0 Å². The molecular weight excluding hydrogens is 309 g/mol. The maximum Gasteiger partial charge on any atom is 0.707 e. The number of carbonyl (C=O) groups excluding carboxylic acids is 1. The largest absolute Gasteiger partial charge is 0.707 e. The molecule has 3 N–H and O–H groups in total. The first-order chi connectivity index (χ1) is 11.6. The highest BCUT2D eigenvalue weighted by Gasteiger charge is 2.11. The lowest BCUT2D eigenvalue weighted by atomic mass is 10.1. The van der Waals surface area contributed by atoms with Crippen molar-refractivity contribution in [3.63, 3.8) is 0 Å². The van der Waals surface area contributed by atoms with Crippen LogP contribution in [0.4, 0.5) is 0 Å². The van der Waals surface area contributed by atoms with Crippen LogP contribution >= 0.6 is 0 Å². The Kier molecular flexibility index (Phi) is 4.50. The lowest BCUT2D eigenvalue weighted by Crippen LogP contribution is -2.20. The van der Waals surface area contributed by atoms with Crippen molar-refractivity contribution in [2.75, 3.05) is 7.05 Å². The quantitative estimate of drug-likeness (QED) is 0.603. The first kappa shape index (κ1) is 16.0. The number of hydrogen-bond donors (Lipinski definition) is 3. The van der Waals surface area contributed by atoms with Crippen LogP contribution in [0.25, 0.3) is 11.0 Å². The van der Waals surface area contributed by atoms with E-state index in [0.29, 0.717) is 17.9 Å². The van der Waals surface area contributed by atoms with Gasteiger partial charge in [-0.05, 0) is 35.9 Å². The van der Waals surface area contributed by atoms with Gasteiger partial charge < -0.3 is 24.6 Å². The normalized spacial score (nSPS) is 10.6. The van der Waals surface area contributed by atoms with Gasteiger partial charge in [-0.3, -0.25) is 4.79 Å². The molecule has 0 unspecified atom stereocenters. The molecule has 0 fully saturated rings. The van der Waals surface area contributed by atoms with Crippen molar-refractivity contribution in [3.05, 3.63) is 59.9 Å². The van der Waals surface area contributed by atoms with E-state index in [2.05, 4.69) is 10.3 Å². The predicted molar refractivity (Wildman–Crippen MR) is 89.5 cm³/mol. The van der Waals surface area contributed by atoms with Gasteiger partial charge in [-0.2, -0.15) is 0 Å². The molecule has 0 saturated carbocycles. The van der Waals surface area contributed by atoms with Gasteiger partial charge in [-0.25, -0.2) is 4.98 Å². The number of nitrogens with one attached hydrogen (secondary N) is 1. The van der Waals surface area contributed by atoms with E-state index in [1.807, 2.05) is 22.8 Å².